The van der Waals surface area contributed by atoms with E-state index >= 15 is 0 Å². The van der Waals surface area contributed by atoms with E-state index in [1.165, 1.54) is 6.07 Å². The Bertz CT molecular complexity index is 643. The number of carboxylic acid groups (broad SMARTS) is 1. The second kappa shape index (κ2) is 5.32. The van der Waals surface area contributed by atoms with E-state index in [-0.39, 0.29) is 5.88 Å². The summed E-state index contributed by atoms with van der Waals surface area (Å²) in [7, 11) is 0. The molecule has 1 aromatic carbocycles. The van der Waals surface area contributed by atoms with Crippen molar-refractivity contribution in [2.45, 2.75) is 12.6 Å². The van der Waals surface area contributed by atoms with Gasteiger partial charge in [0.25, 0.3) is 0 Å². The fraction of sp³-hybridized carbons (Fsp3) is 0.250. The lowest BCUT2D eigenvalue weighted by molar-refractivity contribution is -0.139. The van der Waals surface area contributed by atoms with Crippen molar-refractivity contribution < 1.29 is 27.8 Å². The van der Waals surface area contributed by atoms with Gasteiger partial charge in [0, 0.05) is 0 Å². The molecule has 5 nitrogen and oxygen atoms in total. The average Bonchev–Trinajstić information content (AvgIpc) is 2.36. The number of nitrogens with zero attached hydrogens (tertiary/aromatic N) is 2. The summed E-state index contributed by atoms with van der Waals surface area (Å²) in [5.41, 5.74) is 0.293. The van der Waals surface area contributed by atoms with Crippen molar-refractivity contribution in [2.75, 3.05) is 6.61 Å². The van der Waals surface area contributed by atoms with E-state index in [1.807, 2.05) is 0 Å². The van der Waals surface area contributed by atoms with Gasteiger partial charge in [-0.3, -0.25) is 0 Å². The second-order valence-corrected chi connectivity index (χ2v) is 3.89. The highest BCUT2D eigenvalue weighted by Gasteiger charge is 2.27. The van der Waals surface area contributed by atoms with Crippen molar-refractivity contribution in [3.05, 3.63) is 30.1 Å². The van der Waals surface area contributed by atoms with Crippen LogP contribution in [0.5, 0.6) is 5.88 Å². The maximum Gasteiger partial charge on any atom is 0.392 e. The zero-order chi connectivity index (χ0) is 14.8. The predicted octanol–water partition coefficient (Wildman–Crippen LogP) is 2.66. The number of ether oxygens (including phenoxy) is 1. The Labute approximate surface area is 111 Å². The van der Waals surface area contributed by atoms with Crippen LogP contribution in [0, 0.1) is 0 Å². The van der Waals surface area contributed by atoms with Crippen LogP contribution in [0.25, 0.3) is 10.9 Å². The number of rotatable bonds is 4. The Morgan fingerprint density at radius 3 is 2.60 bits per heavy atom. The van der Waals surface area contributed by atoms with E-state index < -0.39 is 31.0 Å². The Hall–Kier alpha value is -2.38. The third kappa shape index (κ3) is 3.34. The normalized spacial score (nSPS) is 11.6. The monoisotopic (exact) mass is 286 g/mol. The number of carboxylic acids is 1. The molecule has 0 saturated carbocycles. The van der Waals surface area contributed by atoms with Gasteiger partial charge in [0.15, 0.2) is 0 Å². The van der Waals surface area contributed by atoms with Gasteiger partial charge in [0.2, 0.25) is 11.7 Å². The number of para-hydroxylation sites is 1. The van der Waals surface area contributed by atoms with Crippen LogP contribution in [-0.2, 0) is 0 Å². The summed E-state index contributed by atoms with van der Waals surface area (Å²) in [6.45, 7) is -0.635. The van der Waals surface area contributed by atoms with Crippen molar-refractivity contribution in [1.82, 2.24) is 9.97 Å². The zero-order valence-corrected chi connectivity index (χ0v) is 10.0. The standard InChI is InChI=1S/C12H9F3N2O3/c13-12(14,15)5-6-20-10-7-3-1-2-4-8(7)16-9(17-10)11(18)19/h1-4H,5-6H2,(H,18,19). The number of aromatic carboxylic acids is 1. The lowest BCUT2D eigenvalue weighted by Gasteiger charge is -2.10. The number of hydrogen-bond donors (Lipinski definition) is 1. The quantitative estimate of drug-likeness (QED) is 0.935. The van der Waals surface area contributed by atoms with Crippen LogP contribution in [0.2, 0.25) is 0 Å². The van der Waals surface area contributed by atoms with E-state index in [4.69, 9.17) is 9.84 Å². The first-order chi connectivity index (χ1) is 9.37. The van der Waals surface area contributed by atoms with E-state index in [1.54, 1.807) is 18.2 Å². The largest absolute Gasteiger partial charge is 0.477 e. The number of hydrogen-bond acceptors (Lipinski definition) is 4. The maximum absolute atomic E-state index is 12.1. The molecule has 0 atom stereocenters. The van der Waals surface area contributed by atoms with E-state index in [0.717, 1.165) is 0 Å². The summed E-state index contributed by atoms with van der Waals surface area (Å²) >= 11 is 0. The van der Waals surface area contributed by atoms with E-state index in [2.05, 4.69) is 9.97 Å². The van der Waals surface area contributed by atoms with Gasteiger partial charge in [-0.05, 0) is 12.1 Å². The molecule has 106 valence electrons. The average molecular weight is 286 g/mol. The molecule has 0 unspecified atom stereocenters. The topological polar surface area (TPSA) is 72.3 Å². The van der Waals surface area contributed by atoms with Crippen molar-refractivity contribution in [3.63, 3.8) is 0 Å². The van der Waals surface area contributed by atoms with Gasteiger partial charge in [0.1, 0.15) is 0 Å². The molecule has 2 rings (SSSR count). The fourth-order valence-corrected chi connectivity index (χ4v) is 1.52. The minimum atomic E-state index is -4.35. The summed E-state index contributed by atoms with van der Waals surface area (Å²) in [5, 5.41) is 9.22. The first-order valence-corrected chi connectivity index (χ1v) is 5.56. The molecule has 20 heavy (non-hydrogen) atoms. The molecule has 0 amide bonds. The number of fused-ring (bicyclic) bond motifs is 1. The highest BCUT2D eigenvalue weighted by molar-refractivity contribution is 5.89. The molecular formula is C12H9F3N2O3. The number of halogens is 3. The van der Waals surface area contributed by atoms with Gasteiger partial charge >= 0.3 is 12.1 Å². The predicted molar refractivity (Wildman–Crippen MR) is 62.7 cm³/mol. The smallest absolute Gasteiger partial charge is 0.392 e. The van der Waals surface area contributed by atoms with Crippen molar-refractivity contribution in [3.8, 4) is 5.88 Å². The first-order valence-electron chi connectivity index (χ1n) is 5.56. The van der Waals surface area contributed by atoms with Gasteiger partial charge < -0.3 is 9.84 Å². The highest BCUT2D eigenvalue weighted by Crippen LogP contribution is 2.24. The van der Waals surface area contributed by atoms with Gasteiger partial charge in [0.05, 0.1) is 23.9 Å². The Morgan fingerprint density at radius 2 is 1.95 bits per heavy atom. The van der Waals surface area contributed by atoms with Crippen LogP contribution in [0.1, 0.15) is 17.0 Å². The summed E-state index contributed by atoms with van der Waals surface area (Å²) in [6.07, 6.45) is -5.49. The van der Waals surface area contributed by atoms with Crippen molar-refractivity contribution in [2.24, 2.45) is 0 Å². The maximum atomic E-state index is 12.1. The lowest BCUT2D eigenvalue weighted by Crippen LogP contribution is -2.14. The van der Waals surface area contributed by atoms with Gasteiger partial charge in [-0.2, -0.15) is 18.2 Å². The molecule has 1 heterocycles. The van der Waals surface area contributed by atoms with Crippen molar-refractivity contribution >= 4 is 16.9 Å². The minimum absolute atomic E-state index is 0.169. The fourth-order valence-electron chi connectivity index (χ4n) is 1.52. The van der Waals surface area contributed by atoms with Gasteiger partial charge in [-0.1, -0.05) is 12.1 Å². The molecule has 8 heteroatoms. The molecule has 0 bridgehead atoms. The van der Waals surface area contributed by atoms with Crippen molar-refractivity contribution in [1.29, 1.82) is 0 Å². The third-order valence-corrected chi connectivity index (χ3v) is 2.38. The Morgan fingerprint density at radius 1 is 1.25 bits per heavy atom. The number of aromatic nitrogens is 2. The molecule has 0 spiro atoms. The Kier molecular flexibility index (Phi) is 3.73. The molecule has 1 N–H and O–H groups in total. The Balaban J connectivity index is 2.32. The van der Waals surface area contributed by atoms with Crippen LogP contribution < -0.4 is 4.74 Å². The molecule has 0 aliphatic carbocycles. The molecule has 0 fully saturated rings. The van der Waals surface area contributed by atoms with E-state index in [0.29, 0.717) is 10.9 Å². The van der Waals surface area contributed by atoms with Crippen LogP contribution in [0.3, 0.4) is 0 Å². The molecule has 0 aliphatic rings. The van der Waals surface area contributed by atoms with E-state index in [9.17, 15) is 18.0 Å². The highest BCUT2D eigenvalue weighted by atomic mass is 19.4. The third-order valence-electron chi connectivity index (χ3n) is 2.38. The van der Waals surface area contributed by atoms with Gasteiger partial charge in [-0.25, -0.2) is 9.78 Å². The molecule has 0 saturated heterocycles. The number of benzene rings is 1. The second-order valence-electron chi connectivity index (χ2n) is 3.89. The van der Waals surface area contributed by atoms with Crippen LogP contribution >= 0.6 is 0 Å². The van der Waals surface area contributed by atoms with Crippen LogP contribution in [-0.4, -0.2) is 33.8 Å². The summed E-state index contributed by atoms with van der Waals surface area (Å²) in [4.78, 5) is 18.3. The summed E-state index contributed by atoms with van der Waals surface area (Å²) in [6, 6.07) is 6.33. The molecule has 0 radical (unpaired) electrons. The van der Waals surface area contributed by atoms with Crippen LogP contribution in [0.15, 0.2) is 24.3 Å². The number of alkyl halides is 3. The summed E-state index contributed by atoms with van der Waals surface area (Å²) in [5.74, 6) is -2.07. The molecule has 0 aliphatic heterocycles. The summed E-state index contributed by atoms with van der Waals surface area (Å²) < 4.78 is 41.2. The minimum Gasteiger partial charge on any atom is -0.477 e. The zero-order valence-electron chi connectivity index (χ0n) is 10.0. The van der Waals surface area contributed by atoms with Gasteiger partial charge in [-0.15, -0.1) is 0 Å². The number of carbonyl (C=O) groups is 1. The lowest BCUT2D eigenvalue weighted by atomic mass is 10.2. The molecule has 2 aromatic rings. The van der Waals surface area contributed by atoms with Crippen LogP contribution in [0.4, 0.5) is 13.2 Å². The molecule has 1 aromatic heterocycles. The SMILES string of the molecule is O=C(O)c1nc(OCCC(F)(F)F)c2ccccc2n1. The molecular weight excluding hydrogens is 277 g/mol. The first kappa shape index (κ1) is 14.0.